The number of hydrogen-bond donors (Lipinski definition) is 2. The van der Waals surface area contributed by atoms with Crippen LogP contribution in [0.3, 0.4) is 0 Å². The summed E-state index contributed by atoms with van der Waals surface area (Å²) in [7, 11) is 0. The zero-order valence-corrected chi connectivity index (χ0v) is 11.5. The van der Waals surface area contributed by atoms with Gasteiger partial charge in [-0.15, -0.1) is 0 Å². The van der Waals surface area contributed by atoms with E-state index >= 15 is 0 Å². The van der Waals surface area contributed by atoms with Crippen molar-refractivity contribution in [3.8, 4) is 0 Å². The molecular formula is C12H15N5O4. The lowest BCUT2D eigenvalue weighted by Crippen LogP contribution is -2.37. The van der Waals surface area contributed by atoms with E-state index in [4.69, 9.17) is 9.84 Å². The maximum absolute atomic E-state index is 12.3. The summed E-state index contributed by atoms with van der Waals surface area (Å²) in [6, 6.07) is 0. The Bertz CT molecular complexity index is 744. The second-order valence-corrected chi connectivity index (χ2v) is 4.83. The van der Waals surface area contributed by atoms with Gasteiger partial charge < -0.3 is 14.7 Å². The van der Waals surface area contributed by atoms with E-state index in [1.807, 2.05) is 4.90 Å². The van der Waals surface area contributed by atoms with Gasteiger partial charge in [0.15, 0.2) is 0 Å². The molecule has 2 aromatic heterocycles. The third-order valence-corrected chi connectivity index (χ3v) is 3.42. The van der Waals surface area contributed by atoms with Crippen molar-refractivity contribution in [3.63, 3.8) is 0 Å². The first-order valence-electron chi connectivity index (χ1n) is 6.59. The van der Waals surface area contributed by atoms with Crippen LogP contribution in [0, 0.1) is 6.92 Å². The molecule has 1 aliphatic heterocycles. The minimum absolute atomic E-state index is 0.164. The van der Waals surface area contributed by atoms with Gasteiger partial charge in [0.25, 0.3) is 11.3 Å². The molecule has 1 fully saturated rings. The third kappa shape index (κ3) is 2.47. The van der Waals surface area contributed by atoms with Gasteiger partial charge in [0, 0.05) is 13.1 Å². The largest absolute Gasteiger partial charge is 0.481 e. The van der Waals surface area contributed by atoms with Crippen LogP contribution in [-0.4, -0.2) is 57.0 Å². The van der Waals surface area contributed by atoms with Crippen molar-refractivity contribution in [3.05, 3.63) is 21.6 Å². The summed E-state index contributed by atoms with van der Waals surface area (Å²) in [5.41, 5.74) is 0.131. The van der Waals surface area contributed by atoms with E-state index in [1.165, 1.54) is 4.52 Å². The molecule has 2 aromatic rings. The first kappa shape index (κ1) is 13.6. The second kappa shape index (κ2) is 5.17. The van der Waals surface area contributed by atoms with Gasteiger partial charge in [0.1, 0.15) is 0 Å². The van der Waals surface area contributed by atoms with Gasteiger partial charge in [0.2, 0.25) is 5.95 Å². The molecule has 9 nitrogen and oxygen atoms in total. The van der Waals surface area contributed by atoms with Crippen molar-refractivity contribution in [2.75, 3.05) is 31.2 Å². The van der Waals surface area contributed by atoms with Crippen LogP contribution in [0.25, 0.3) is 5.78 Å². The molecule has 0 aliphatic carbocycles. The zero-order valence-electron chi connectivity index (χ0n) is 11.5. The Morgan fingerprint density at radius 1 is 1.38 bits per heavy atom. The molecule has 112 valence electrons. The molecule has 0 atom stereocenters. The highest BCUT2D eigenvalue weighted by Gasteiger charge is 2.19. The average Bonchev–Trinajstić information content (AvgIpc) is 2.88. The lowest BCUT2D eigenvalue weighted by molar-refractivity contribution is -0.136. The number of fused-ring (bicyclic) bond motifs is 1. The van der Waals surface area contributed by atoms with Gasteiger partial charge in [-0.25, -0.2) is 4.98 Å². The number of carboxylic acid groups (broad SMARTS) is 1. The number of nitrogens with zero attached hydrogens (tertiary/aromatic N) is 4. The van der Waals surface area contributed by atoms with Crippen molar-refractivity contribution in [2.24, 2.45) is 0 Å². The summed E-state index contributed by atoms with van der Waals surface area (Å²) >= 11 is 0. The van der Waals surface area contributed by atoms with Crippen LogP contribution >= 0.6 is 0 Å². The monoisotopic (exact) mass is 293 g/mol. The first-order valence-corrected chi connectivity index (χ1v) is 6.59. The third-order valence-electron chi connectivity index (χ3n) is 3.42. The Morgan fingerprint density at radius 2 is 2.10 bits per heavy atom. The number of anilines is 1. The highest BCUT2D eigenvalue weighted by atomic mass is 16.5. The van der Waals surface area contributed by atoms with E-state index in [0.717, 1.165) is 0 Å². The molecule has 0 unspecified atom stereocenters. The molecule has 1 aliphatic rings. The highest BCUT2D eigenvalue weighted by molar-refractivity contribution is 5.70. The summed E-state index contributed by atoms with van der Waals surface area (Å²) in [4.78, 5) is 33.6. The summed E-state index contributed by atoms with van der Waals surface area (Å²) in [5, 5.41) is 11.8. The summed E-state index contributed by atoms with van der Waals surface area (Å²) in [5.74, 6) is -0.284. The normalized spacial score (nSPS) is 15.6. The molecular weight excluding hydrogens is 278 g/mol. The number of aromatic nitrogens is 4. The Balaban J connectivity index is 2.06. The quantitative estimate of drug-likeness (QED) is 0.761. The number of carboxylic acids is 1. The predicted molar refractivity (Wildman–Crippen MR) is 72.7 cm³/mol. The molecule has 0 radical (unpaired) electrons. The number of rotatable bonds is 3. The van der Waals surface area contributed by atoms with Crippen molar-refractivity contribution in [1.82, 2.24) is 19.6 Å². The maximum Gasteiger partial charge on any atom is 0.308 e. The number of H-pyrrole nitrogens is 1. The minimum Gasteiger partial charge on any atom is -0.481 e. The lowest BCUT2D eigenvalue weighted by atomic mass is 10.2. The second-order valence-electron chi connectivity index (χ2n) is 4.83. The van der Waals surface area contributed by atoms with Gasteiger partial charge in [0.05, 0.1) is 30.9 Å². The molecule has 9 heteroatoms. The number of hydrogen-bond acceptors (Lipinski definition) is 6. The van der Waals surface area contributed by atoms with Crippen LogP contribution in [0.15, 0.2) is 4.79 Å². The molecule has 2 N–H and O–H groups in total. The Labute approximate surface area is 119 Å². The van der Waals surface area contributed by atoms with Crippen molar-refractivity contribution in [2.45, 2.75) is 13.3 Å². The van der Waals surface area contributed by atoms with E-state index in [2.05, 4.69) is 15.1 Å². The van der Waals surface area contributed by atoms with Crippen molar-refractivity contribution >= 4 is 17.7 Å². The predicted octanol–water partition coefficient (Wildman–Crippen LogP) is -0.810. The van der Waals surface area contributed by atoms with Crippen LogP contribution in [0.4, 0.5) is 5.95 Å². The smallest absolute Gasteiger partial charge is 0.308 e. The van der Waals surface area contributed by atoms with Crippen LogP contribution in [0.5, 0.6) is 0 Å². The van der Waals surface area contributed by atoms with E-state index in [-0.39, 0.29) is 17.8 Å². The van der Waals surface area contributed by atoms with Crippen molar-refractivity contribution < 1.29 is 14.6 Å². The maximum atomic E-state index is 12.3. The topological polar surface area (TPSA) is 113 Å². The minimum atomic E-state index is -1.06. The standard InChI is InChI=1S/C12H15N5O4/c1-7-8(6-9(18)19)10(20)17-11(13-7)14-12(15-17)16-2-4-21-5-3-16/h2-6H2,1H3,(H,18,19)(H,13,14,15). The molecule has 21 heavy (non-hydrogen) atoms. The summed E-state index contributed by atoms with van der Waals surface area (Å²) in [6.07, 6.45) is -0.355. The highest BCUT2D eigenvalue weighted by Crippen LogP contribution is 2.11. The fourth-order valence-corrected chi connectivity index (χ4v) is 2.31. The Hall–Kier alpha value is -2.42. The molecule has 3 rings (SSSR count). The molecule has 0 spiro atoms. The number of aryl methyl sites for hydroxylation is 1. The molecule has 0 saturated carbocycles. The van der Waals surface area contributed by atoms with Crippen LogP contribution in [-0.2, 0) is 16.0 Å². The zero-order chi connectivity index (χ0) is 15.0. The number of carbonyl (C=O) groups is 1. The Morgan fingerprint density at radius 3 is 2.76 bits per heavy atom. The first-order chi connectivity index (χ1) is 10.1. The molecule has 0 aromatic carbocycles. The average molecular weight is 293 g/mol. The fourth-order valence-electron chi connectivity index (χ4n) is 2.31. The Kier molecular flexibility index (Phi) is 3.34. The molecule has 0 amide bonds. The summed E-state index contributed by atoms with van der Waals surface area (Å²) < 4.78 is 6.46. The van der Waals surface area contributed by atoms with E-state index in [1.54, 1.807) is 6.92 Å². The number of aromatic amines is 1. The molecule has 1 saturated heterocycles. The van der Waals surface area contributed by atoms with Gasteiger partial charge in [-0.3, -0.25) is 14.7 Å². The van der Waals surface area contributed by atoms with E-state index in [0.29, 0.717) is 37.9 Å². The molecule has 3 heterocycles. The lowest BCUT2D eigenvalue weighted by Gasteiger charge is -2.25. The van der Waals surface area contributed by atoms with Crippen LogP contribution in [0.1, 0.15) is 11.3 Å². The number of aliphatic carboxylic acids is 1. The van der Waals surface area contributed by atoms with Crippen molar-refractivity contribution in [1.29, 1.82) is 0 Å². The van der Waals surface area contributed by atoms with Gasteiger partial charge >= 0.3 is 5.97 Å². The van der Waals surface area contributed by atoms with Crippen LogP contribution in [0.2, 0.25) is 0 Å². The van der Waals surface area contributed by atoms with Gasteiger partial charge in [-0.05, 0) is 6.92 Å². The fraction of sp³-hybridized carbons (Fsp3) is 0.500. The van der Waals surface area contributed by atoms with Crippen LogP contribution < -0.4 is 10.5 Å². The van der Waals surface area contributed by atoms with E-state index < -0.39 is 11.5 Å². The SMILES string of the molecule is Cc1nc2nc(N3CCOCC3)[nH]n2c(=O)c1CC(=O)O. The molecule has 0 bridgehead atoms. The number of ether oxygens (including phenoxy) is 1. The van der Waals surface area contributed by atoms with E-state index in [9.17, 15) is 9.59 Å². The van der Waals surface area contributed by atoms with Gasteiger partial charge in [-0.2, -0.15) is 9.50 Å². The summed E-state index contributed by atoms with van der Waals surface area (Å²) in [6.45, 7) is 4.17. The van der Waals surface area contributed by atoms with Gasteiger partial charge in [-0.1, -0.05) is 0 Å². The number of nitrogens with one attached hydrogen (secondary N) is 1. The number of morpholine rings is 1.